The van der Waals surface area contributed by atoms with E-state index in [1.54, 1.807) is 0 Å². The van der Waals surface area contributed by atoms with Crippen molar-refractivity contribution in [1.29, 1.82) is 0 Å². The lowest BCUT2D eigenvalue weighted by Gasteiger charge is -2.04. The van der Waals surface area contributed by atoms with Crippen molar-refractivity contribution in [3.63, 3.8) is 0 Å². The van der Waals surface area contributed by atoms with Gasteiger partial charge in [-0.25, -0.2) is 4.79 Å². The van der Waals surface area contributed by atoms with Crippen LogP contribution < -0.4 is 15.9 Å². The highest BCUT2D eigenvalue weighted by atomic mass is 16.5. The van der Waals surface area contributed by atoms with Crippen molar-refractivity contribution in [2.45, 2.75) is 13.3 Å². The Morgan fingerprint density at radius 3 is 2.79 bits per heavy atom. The van der Waals surface area contributed by atoms with Crippen LogP contribution in [0.25, 0.3) is 11.1 Å². The summed E-state index contributed by atoms with van der Waals surface area (Å²) in [5, 5.41) is 0.264. The molecule has 120 valence electrons. The van der Waals surface area contributed by atoms with Gasteiger partial charge in [0.15, 0.2) is 6.61 Å². The van der Waals surface area contributed by atoms with E-state index in [1.807, 2.05) is 37.3 Å². The number of nitrogens with zero attached hydrogens (tertiary/aromatic N) is 1. The Hall–Kier alpha value is -3.33. The first-order chi connectivity index (χ1) is 11.7. The first kappa shape index (κ1) is 15.6. The topological polar surface area (TPSA) is 85.2 Å². The maximum absolute atomic E-state index is 12.2. The highest BCUT2D eigenvalue weighted by Gasteiger charge is 2.11. The highest BCUT2D eigenvalue weighted by Crippen LogP contribution is 2.13. The lowest BCUT2D eigenvalue weighted by atomic mass is 10.1. The minimum atomic E-state index is -0.549. The maximum atomic E-state index is 12.2. The van der Waals surface area contributed by atoms with Crippen LogP contribution in [0.4, 0.5) is 0 Å². The summed E-state index contributed by atoms with van der Waals surface area (Å²) >= 11 is 0. The molecule has 2 heterocycles. The van der Waals surface area contributed by atoms with Gasteiger partial charge in [-0.05, 0) is 24.1 Å². The molecule has 0 spiro atoms. The maximum Gasteiger partial charge on any atom is 0.337 e. The molecular weight excluding hydrogens is 308 g/mol. The molecule has 3 rings (SSSR count). The third kappa shape index (κ3) is 3.36. The molecule has 2 aromatic heterocycles. The molecule has 3 aromatic rings. The molecule has 0 aliphatic heterocycles. The molecule has 0 aliphatic carbocycles. The summed E-state index contributed by atoms with van der Waals surface area (Å²) in [6.07, 6.45) is 0.523. The Kier molecular flexibility index (Phi) is 4.43. The van der Waals surface area contributed by atoms with Gasteiger partial charge in [0.2, 0.25) is 5.71 Å². The molecule has 1 aromatic carbocycles. The van der Waals surface area contributed by atoms with E-state index >= 15 is 0 Å². The van der Waals surface area contributed by atoms with E-state index in [0.717, 1.165) is 5.56 Å². The fourth-order valence-corrected chi connectivity index (χ4v) is 2.24. The number of nitrogens with one attached hydrogen (secondary N) is 1. The number of H-pyrrole nitrogens is 1. The van der Waals surface area contributed by atoms with Crippen LogP contribution in [0.15, 0.2) is 50.4 Å². The quantitative estimate of drug-likeness (QED) is 0.744. The zero-order chi connectivity index (χ0) is 16.9. The van der Waals surface area contributed by atoms with Gasteiger partial charge in [-0.15, -0.1) is 0 Å². The number of aromatic amines is 1. The average molecular weight is 322 g/mol. The summed E-state index contributed by atoms with van der Waals surface area (Å²) < 4.78 is 10.3. The van der Waals surface area contributed by atoms with Crippen LogP contribution >= 0.6 is 0 Å². The third-order valence-electron chi connectivity index (χ3n) is 3.34. The van der Waals surface area contributed by atoms with Crippen molar-refractivity contribution in [3.8, 4) is 17.9 Å². The fourth-order valence-electron chi connectivity index (χ4n) is 2.24. The van der Waals surface area contributed by atoms with Crippen LogP contribution in [-0.2, 0) is 6.42 Å². The van der Waals surface area contributed by atoms with Gasteiger partial charge in [-0.2, -0.15) is 4.98 Å². The molecule has 0 saturated heterocycles. The van der Waals surface area contributed by atoms with Crippen LogP contribution in [0.3, 0.4) is 0 Å². The van der Waals surface area contributed by atoms with Crippen molar-refractivity contribution < 1.29 is 9.15 Å². The van der Waals surface area contributed by atoms with Gasteiger partial charge < -0.3 is 9.15 Å². The normalized spacial score (nSPS) is 10.2. The van der Waals surface area contributed by atoms with Gasteiger partial charge in [0, 0.05) is 11.6 Å². The van der Waals surface area contributed by atoms with Gasteiger partial charge >= 0.3 is 11.6 Å². The molecule has 0 atom stereocenters. The highest BCUT2D eigenvalue weighted by molar-refractivity contribution is 5.75. The second-order valence-corrected chi connectivity index (χ2v) is 4.95. The summed E-state index contributed by atoms with van der Waals surface area (Å²) in [5.74, 6) is 5.75. The van der Waals surface area contributed by atoms with Crippen LogP contribution in [0, 0.1) is 11.8 Å². The molecule has 0 unspecified atom stereocenters. The number of benzene rings is 1. The van der Waals surface area contributed by atoms with Gasteiger partial charge in [-0.3, -0.25) is 9.78 Å². The summed E-state index contributed by atoms with van der Waals surface area (Å²) in [4.78, 5) is 30.3. The summed E-state index contributed by atoms with van der Waals surface area (Å²) in [6, 6.07) is 10.7. The van der Waals surface area contributed by atoms with Crippen molar-refractivity contribution in [2.75, 3.05) is 6.61 Å². The smallest absolute Gasteiger partial charge is 0.337 e. The molecule has 0 radical (unpaired) electrons. The van der Waals surface area contributed by atoms with Crippen LogP contribution in [0.5, 0.6) is 6.01 Å². The number of fused-ring (bicyclic) bond motifs is 1. The van der Waals surface area contributed by atoms with Crippen molar-refractivity contribution in [3.05, 3.63) is 68.3 Å². The molecule has 0 fully saturated rings. The second kappa shape index (κ2) is 6.84. The van der Waals surface area contributed by atoms with Crippen LogP contribution in [0.2, 0.25) is 0 Å². The molecule has 6 nitrogen and oxygen atoms in total. The zero-order valence-corrected chi connectivity index (χ0v) is 13.0. The predicted molar refractivity (Wildman–Crippen MR) is 89.1 cm³/mol. The van der Waals surface area contributed by atoms with E-state index in [9.17, 15) is 9.59 Å². The Bertz CT molecular complexity index is 1040. The molecular formula is C18H14N2O4. The number of rotatable bonds is 3. The minimum absolute atomic E-state index is 0.0332. The average Bonchev–Trinajstić information content (AvgIpc) is 2.58. The SMILES string of the molecule is CCc1cc(=O)oc2nc(OCC#Cc3ccccc3)[nH]c(=O)c12. The van der Waals surface area contributed by atoms with E-state index < -0.39 is 11.2 Å². The lowest BCUT2D eigenvalue weighted by molar-refractivity contribution is 0.337. The van der Waals surface area contributed by atoms with Gasteiger partial charge in [0.25, 0.3) is 5.56 Å². The predicted octanol–water partition coefficient (Wildman–Crippen LogP) is 1.87. The van der Waals surface area contributed by atoms with Crippen molar-refractivity contribution in [1.82, 2.24) is 9.97 Å². The van der Waals surface area contributed by atoms with Crippen molar-refractivity contribution >= 4 is 11.1 Å². The first-order valence-corrected chi connectivity index (χ1v) is 7.41. The van der Waals surface area contributed by atoms with Crippen LogP contribution in [-0.4, -0.2) is 16.6 Å². The number of aryl methyl sites for hydroxylation is 1. The Balaban J connectivity index is 1.85. The summed E-state index contributed by atoms with van der Waals surface area (Å²) in [5.41, 5.74) is 0.457. The number of aromatic nitrogens is 2. The molecule has 0 saturated carbocycles. The fraction of sp³-hybridized carbons (Fsp3) is 0.167. The Labute approximate surface area is 137 Å². The van der Waals surface area contributed by atoms with E-state index in [0.29, 0.717) is 12.0 Å². The Morgan fingerprint density at radius 1 is 1.25 bits per heavy atom. The van der Waals surface area contributed by atoms with Gasteiger partial charge in [0.05, 0.1) is 0 Å². The van der Waals surface area contributed by atoms with E-state index in [1.165, 1.54) is 6.07 Å². The largest absolute Gasteiger partial charge is 0.451 e. The van der Waals surface area contributed by atoms with E-state index in [4.69, 9.17) is 9.15 Å². The Morgan fingerprint density at radius 2 is 2.04 bits per heavy atom. The second-order valence-electron chi connectivity index (χ2n) is 4.95. The molecule has 24 heavy (non-hydrogen) atoms. The molecule has 6 heteroatoms. The molecule has 0 aliphatic rings. The minimum Gasteiger partial charge on any atom is -0.451 e. The number of hydrogen-bond donors (Lipinski definition) is 1. The standard InChI is InChI=1S/C18H14N2O4/c1-2-13-11-14(21)24-17-15(13)16(22)19-18(20-17)23-10-6-9-12-7-4-3-5-8-12/h3-5,7-8,11H,2,10H2,1H3,(H,19,20,22). The van der Waals surface area contributed by atoms with E-state index in [2.05, 4.69) is 21.8 Å². The molecule has 0 amide bonds. The molecule has 1 N–H and O–H groups in total. The van der Waals surface area contributed by atoms with Gasteiger partial charge in [-0.1, -0.05) is 37.0 Å². The number of hydrogen-bond acceptors (Lipinski definition) is 5. The number of ether oxygens (including phenoxy) is 1. The third-order valence-corrected chi connectivity index (χ3v) is 3.34. The molecule has 0 bridgehead atoms. The monoisotopic (exact) mass is 322 g/mol. The van der Waals surface area contributed by atoms with Crippen molar-refractivity contribution in [2.24, 2.45) is 0 Å². The lowest BCUT2D eigenvalue weighted by Crippen LogP contribution is -2.15. The van der Waals surface area contributed by atoms with E-state index in [-0.39, 0.29) is 23.7 Å². The first-order valence-electron chi connectivity index (χ1n) is 7.41. The van der Waals surface area contributed by atoms with Gasteiger partial charge in [0.1, 0.15) is 5.39 Å². The summed E-state index contributed by atoms with van der Waals surface area (Å²) in [7, 11) is 0. The summed E-state index contributed by atoms with van der Waals surface area (Å²) in [6.45, 7) is 1.89. The van der Waals surface area contributed by atoms with Crippen LogP contribution in [0.1, 0.15) is 18.1 Å². The zero-order valence-electron chi connectivity index (χ0n) is 13.0.